The minimum absolute atomic E-state index is 0.114. The molecule has 4 rings (SSSR count). The number of rotatable bonds is 4. The maximum atomic E-state index is 12.3. The summed E-state index contributed by atoms with van der Waals surface area (Å²) in [5.74, 6) is 0.179. The second-order valence-electron chi connectivity index (χ2n) is 6.21. The zero-order valence-corrected chi connectivity index (χ0v) is 16.3. The third-order valence-electron chi connectivity index (χ3n) is 4.55. The van der Waals surface area contributed by atoms with Gasteiger partial charge in [-0.15, -0.1) is 11.3 Å². The van der Waals surface area contributed by atoms with Crippen LogP contribution >= 0.6 is 27.3 Å². The fourth-order valence-corrected chi connectivity index (χ4v) is 4.63. The number of pyridine rings is 1. The van der Waals surface area contributed by atoms with Crippen LogP contribution in [0.2, 0.25) is 0 Å². The number of aromatic amines is 1. The van der Waals surface area contributed by atoms with Crippen molar-refractivity contribution in [1.29, 1.82) is 0 Å². The normalized spacial score (nSPS) is 11.5. The summed E-state index contributed by atoms with van der Waals surface area (Å²) in [6.07, 6.45) is 1.88. The molecule has 0 spiro atoms. The van der Waals surface area contributed by atoms with E-state index in [9.17, 15) is 9.90 Å². The van der Waals surface area contributed by atoms with E-state index >= 15 is 0 Å². The SMILES string of the molecule is NCCCc1ccc(-c2c(O)cc(Br)c3[nH]c(=O)c4sccc4c23)cc1. The molecule has 0 unspecified atom stereocenters. The summed E-state index contributed by atoms with van der Waals surface area (Å²) in [4.78, 5) is 15.3. The molecule has 6 heteroatoms. The second-order valence-corrected chi connectivity index (χ2v) is 7.98. The number of hydrogen-bond donors (Lipinski definition) is 3. The first-order chi connectivity index (χ1) is 12.6. The number of fused-ring (bicyclic) bond motifs is 3. The number of benzene rings is 2. The van der Waals surface area contributed by atoms with Gasteiger partial charge in [0.25, 0.3) is 5.56 Å². The average Bonchev–Trinajstić information content (AvgIpc) is 3.12. The van der Waals surface area contributed by atoms with Gasteiger partial charge in [-0.3, -0.25) is 4.79 Å². The predicted molar refractivity (Wildman–Crippen MR) is 112 cm³/mol. The summed E-state index contributed by atoms with van der Waals surface area (Å²) in [5, 5.41) is 14.3. The van der Waals surface area contributed by atoms with Crippen LogP contribution in [0.15, 0.2) is 51.0 Å². The summed E-state index contributed by atoms with van der Waals surface area (Å²) in [7, 11) is 0. The Morgan fingerprint density at radius 1 is 1.19 bits per heavy atom. The summed E-state index contributed by atoms with van der Waals surface area (Å²) >= 11 is 4.87. The minimum Gasteiger partial charge on any atom is -0.507 e. The standard InChI is InChI=1S/C20H17BrN2O2S/c21-14-10-15(24)16(12-5-3-11(4-6-12)2-1-8-22)17-13-7-9-26-19(13)20(25)23-18(14)17/h3-7,9-10,24H,1-2,8,22H2,(H,23,25). The molecule has 0 aliphatic heterocycles. The number of phenols is 1. The molecule has 0 fully saturated rings. The van der Waals surface area contributed by atoms with E-state index in [-0.39, 0.29) is 11.3 Å². The number of nitrogens with one attached hydrogen (secondary N) is 1. The lowest BCUT2D eigenvalue weighted by Gasteiger charge is -2.13. The highest BCUT2D eigenvalue weighted by Crippen LogP contribution is 2.42. The fraction of sp³-hybridized carbons (Fsp3) is 0.150. The molecule has 0 aliphatic rings. The Kier molecular flexibility index (Phi) is 4.56. The molecular formula is C20H17BrN2O2S. The van der Waals surface area contributed by atoms with Gasteiger partial charge in [0.1, 0.15) is 10.4 Å². The lowest BCUT2D eigenvalue weighted by molar-refractivity contribution is 0.477. The van der Waals surface area contributed by atoms with Crippen molar-refractivity contribution in [3.05, 3.63) is 62.2 Å². The van der Waals surface area contributed by atoms with Gasteiger partial charge in [-0.1, -0.05) is 24.3 Å². The molecule has 0 atom stereocenters. The number of aromatic hydroxyl groups is 1. The number of phenolic OH excluding ortho intramolecular Hbond substituents is 1. The molecule has 2 heterocycles. The Balaban J connectivity index is 2.00. The second kappa shape index (κ2) is 6.87. The number of hydrogen-bond acceptors (Lipinski definition) is 4. The van der Waals surface area contributed by atoms with Gasteiger partial charge in [0.05, 0.1) is 5.52 Å². The van der Waals surface area contributed by atoms with Crippen LogP contribution in [-0.2, 0) is 6.42 Å². The zero-order chi connectivity index (χ0) is 18.3. The molecule has 2 aromatic heterocycles. The monoisotopic (exact) mass is 428 g/mol. The summed E-state index contributed by atoms with van der Waals surface area (Å²) in [6.45, 7) is 0.670. The molecule has 4 N–H and O–H groups in total. The smallest absolute Gasteiger partial charge is 0.266 e. The Labute approximate surface area is 162 Å². The van der Waals surface area contributed by atoms with E-state index in [4.69, 9.17) is 5.73 Å². The molecular weight excluding hydrogens is 412 g/mol. The van der Waals surface area contributed by atoms with Gasteiger partial charge in [0, 0.05) is 20.8 Å². The van der Waals surface area contributed by atoms with E-state index in [1.165, 1.54) is 16.9 Å². The van der Waals surface area contributed by atoms with Gasteiger partial charge in [-0.25, -0.2) is 0 Å². The van der Waals surface area contributed by atoms with Crippen molar-refractivity contribution in [1.82, 2.24) is 4.98 Å². The Morgan fingerprint density at radius 2 is 1.96 bits per heavy atom. The van der Waals surface area contributed by atoms with Gasteiger partial charge in [0.2, 0.25) is 0 Å². The molecule has 0 amide bonds. The van der Waals surface area contributed by atoms with E-state index < -0.39 is 0 Å². The van der Waals surface area contributed by atoms with E-state index in [0.29, 0.717) is 21.2 Å². The molecule has 132 valence electrons. The number of H-pyrrole nitrogens is 1. The molecule has 2 aromatic carbocycles. The van der Waals surface area contributed by atoms with Crippen molar-refractivity contribution >= 4 is 48.3 Å². The third kappa shape index (κ3) is 2.84. The Bertz CT molecular complexity index is 1160. The van der Waals surface area contributed by atoms with Crippen LogP contribution in [0.5, 0.6) is 5.75 Å². The quantitative estimate of drug-likeness (QED) is 0.437. The van der Waals surface area contributed by atoms with Gasteiger partial charge in [-0.2, -0.15) is 0 Å². The zero-order valence-electron chi connectivity index (χ0n) is 13.9. The molecule has 0 saturated heterocycles. The van der Waals surface area contributed by atoms with Crippen LogP contribution in [-0.4, -0.2) is 16.6 Å². The third-order valence-corrected chi connectivity index (χ3v) is 6.09. The molecule has 0 bridgehead atoms. The van der Waals surface area contributed by atoms with Crippen LogP contribution in [0.25, 0.3) is 32.1 Å². The maximum absolute atomic E-state index is 12.3. The van der Waals surface area contributed by atoms with Crippen LogP contribution in [0.3, 0.4) is 0 Å². The van der Waals surface area contributed by atoms with Crippen LogP contribution < -0.4 is 11.3 Å². The number of nitrogens with two attached hydrogens (primary N) is 1. The number of aryl methyl sites for hydroxylation is 1. The van der Waals surface area contributed by atoms with E-state index in [1.807, 2.05) is 23.6 Å². The first kappa shape index (κ1) is 17.3. The van der Waals surface area contributed by atoms with Crippen LogP contribution in [0.4, 0.5) is 0 Å². The average molecular weight is 429 g/mol. The minimum atomic E-state index is -0.114. The van der Waals surface area contributed by atoms with Gasteiger partial charge in [-0.05, 0) is 64.0 Å². The van der Waals surface area contributed by atoms with Crippen molar-refractivity contribution in [3.8, 4) is 16.9 Å². The maximum Gasteiger partial charge on any atom is 0.266 e. The van der Waals surface area contributed by atoms with Gasteiger partial charge >= 0.3 is 0 Å². The number of thiophene rings is 1. The van der Waals surface area contributed by atoms with Crippen molar-refractivity contribution in [2.45, 2.75) is 12.8 Å². The molecule has 4 nitrogen and oxygen atoms in total. The van der Waals surface area contributed by atoms with Crippen LogP contribution in [0.1, 0.15) is 12.0 Å². The molecule has 26 heavy (non-hydrogen) atoms. The van der Waals surface area contributed by atoms with Crippen molar-refractivity contribution in [2.75, 3.05) is 6.54 Å². The highest BCUT2D eigenvalue weighted by atomic mass is 79.9. The summed E-state index contributed by atoms with van der Waals surface area (Å²) in [6, 6.07) is 11.7. The first-order valence-corrected chi connectivity index (χ1v) is 10.0. The van der Waals surface area contributed by atoms with Gasteiger partial charge < -0.3 is 15.8 Å². The highest BCUT2D eigenvalue weighted by Gasteiger charge is 2.17. The lowest BCUT2D eigenvalue weighted by Crippen LogP contribution is -2.05. The van der Waals surface area contributed by atoms with E-state index in [2.05, 4.69) is 33.0 Å². The van der Waals surface area contributed by atoms with Gasteiger partial charge in [0.15, 0.2) is 0 Å². The Morgan fingerprint density at radius 3 is 2.69 bits per heavy atom. The molecule has 4 aromatic rings. The number of halogens is 1. The summed E-state index contributed by atoms with van der Waals surface area (Å²) < 4.78 is 1.33. The first-order valence-electron chi connectivity index (χ1n) is 8.34. The van der Waals surface area contributed by atoms with Crippen LogP contribution in [0, 0.1) is 0 Å². The fourth-order valence-electron chi connectivity index (χ4n) is 3.32. The predicted octanol–water partition coefficient (Wildman–Crippen LogP) is 4.77. The van der Waals surface area contributed by atoms with E-state index in [1.54, 1.807) is 6.07 Å². The molecule has 0 aliphatic carbocycles. The largest absolute Gasteiger partial charge is 0.507 e. The molecule has 0 radical (unpaired) electrons. The lowest BCUT2D eigenvalue weighted by atomic mass is 9.96. The Hall–Kier alpha value is -2.15. The molecule has 0 saturated carbocycles. The van der Waals surface area contributed by atoms with Crippen molar-refractivity contribution < 1.29 is 5.11 Å². The highest BCUT2D eigenvalue weighted by molar-refractivity contribution is 9.10. The summed E-state index contributed by atoms with van der Waals surface area (Å²) in [5.41, 5.74) is 9.02. The van der Waals surface area contributed by atoms with Crippen molar-refractivity contribution in [2.24, 2.45) is 5.73 Å². The van der Waals surface area contributed by atoms with Crippen molar-refractivity contribution in [3.63, 3.8) is 0 Å². The topological polar surface area (TPSA) is 79.1 Å². The van der Waals surface area contributed by atoms with E-state index in [0.717, 1.165) is 34.7 Å². The number of aromatic nitrogens is 1.